The number of ether oxygens (including phenoxy) is 1. The second-order valence-corrected chi connectivity index (χ2v) is 5.67. The van der Waals surface area contributed by atoms with Gasteiger partial charge in [-0.2, -0.15) is 0 Å². The van der Waals surface area contributed by atoms with Gasteiger partial charge in [0.1, 0.15) is 0 Å². The topological polar surface area (TPSA) is 21.3 Å². The minimum absolute atomic E-state index is 0.0909. The summed E-state index contributed by atoms with van der Waals surface area (Å²) in [5, 5.41) is 3.15. The van der Waals surface area contributed by atoms with Crippen LogP contribution >= 0.6 is 0 Å². The maximum absolute atomic E-state index is 14.0. The van der Waals surface area contributed by atoms with Crippen molar-refractivity contribution in [3.05, 3.63) is 29.6 Å². The van der Waals surface area contributed by atoms with E-state index >= 15 is 0 Å². The highest BCUT2D eigenvalue weighted by Gasteiger charge is 2.23. The average molecular weight is 265 g/mol. The van der Waals surface area contributed by atoms with Gasteiger partial charge in [0.2, 0.25) is 0 Å². The number of benzene rings is 1. The highest BCUT2D eigenvalue weighted by atomic mass is 19.1. The first kappa shape index (κ1) is 14.3. The van der Waals surface area contributed by atoms with Crippen molar-refractivity contribution < 1.29 is 9.13 Å². The fraction of sp³-hybridized carbons (Fsp3) is 0.625. The van der Waals surface area contributed by atoms with Gasteiger partial charge in [0, 0.05) is 11.6 Å². The Labute approximate surface area is 115 Å². The molecule has 0 saturated heterocycles. The second-order valence-electron chi connectivity index (χ2n) is 5.67. The van der Waals surface area contributed by atoms with E-state index in [0.717, 1.165) is 24.3 Å². The van der Waals surface area contributed by atoms with Gasteiger partial charge in [-0.25, -0.2) is 4.39 Å². The molecule has 2 nitrogen and oxygen atoms in total. The summed E-state index contributed by atoms with van der Waals surface area (Å²) >= 11 is 0. The van der Waals surface area contributed by atoms with Crippen molar-refractivity contribution in [2.24, 2.45) is 5.92 Å². The van der Waals surface area contributed by atoms with Gasteiger partial charge in [0.15, 0.2) is 11.6 Å². The molecule has 1 aliphatic rings. The summed E-state index contributed by atoms with van der Waals surface area (Å²) in [6.45, 7) is 4.29. The Bertz CT molecular complexity index is 413. The van der Waals surface area contributed by atoms with Crippen molar-refractivity contribution in [1.82, 2.24) is 5.32 Å². The minimum Gasteiger partial charge on any atom is -0.487 e. The van der Waals surface area contributed by atoms with Crippen molar-refractivity contribution in [1.29, 1.82) is 0 Å². The van der Waals surface area contributed by atoms with E-state index in [2.05, 4.69) is 12.2 Å². The molecule has 1 fully saturated rings. The molecule has 1 aromatic carbocycles. The molecular formula is C16H24FNO. The van der Waals surface area contributed by atoms with Crippen LogP contribution in [0.3, 0.4) is 0 Å². The number of nitrogens with one attached hydrogen (secondary N) is 1. The molecule has 1 unspecified atom stereocenters. The third-order valence-electron chi connectivity index (χ3n) is 4.14. The van der Waals surface area contributed by atoms with E-state index in [1.54, 1.807) is 6.07 Å². The zero-order chi connectivity index (χ0) is 13.8. The third-order valence-corrected chi connectivity index (χ3v) is 4.14. The highest BCUT2D eigenvalue weighted by Crippen LogP contribution is 2.32. The number of hydrogen-bond acceptors (Lipinski definition) is 2. The average Bonchev–Trinajstić information content (AvgIpc) is 2.42. The second kappa shape index (κ2) is 6.38. The highest BCUT2D eigenvalue weighted by molar-refractivity contribution is 5.37. The quantitative estimate of drug-likeness (QED) is 0.886. The molecule has 2 rings (SSSR count). The van der Waals surface area contributed by atoms with Crippen LogP contribution in [0.4, 0.5) is 4.39 Å². The molecule has 1 atom stereocenters. The summed E-state index contributed by atoms with van der Waals surface area (Å²) in [4.78, 5) is 0. The molecule has 1 saturated carbocycles. The summed E-state index contributed by atoms with van der Waals surface area (Å²) in [6, 6.07) is 5.25. The Morgan fingerprint density at radius 3 is 2.58 bits per heavy atom. The number of rotatable bonds is 4. The van der Waals surface area contributed by atoms with E-state index in [1.807, 2.05) is 20.0 Å². The summed E-state index contributed by atoms with van der Waals surface area (Å²) < 4.78 is 20.0. The van der Waals surface area contributed by atoms with Crippen molar-refractivity contribution >= 4 is 0 Å². The minimum atomic E-state index is -0.252. The van der Waals surface area contributed by atoms with Gasteiger partial charge in [-0.3, -0.25) is 0 Å². The Morgan fingerprint density at radius 1 is 1.26 bits per heavy atom. The smallest absolute Gasteiger partial charge is 0.165 e. The van der Waals surface area contributed by atoms with Crippen LogP contribution in [-0.2, 0) is 0 Å². The van der Waals surface area contributed by atoms with Gasteiger partial charge in [-0.15, -0.1) is 0 Å². The number of para-hydroxylation sites is 1. The molecule has 0 aromatic heterocycles. The molecular weight excluding hydrogens is 241 g/mol. The Balaban J connectivity index is 2.14. The molecule has 1 N–H and O–H groups in total. The molecule has 0 bridgehead atoms. The van der Waals surface area contributed by atoms with E-state index in [1.165, 1.54) is 18.9 Å². The van der Waals surface area contributed by atoms with Crippen LogP contribution in [-0.4, -0.2) is 13.2 Å². The van der Waals surface area contributed by atoms with E-state index < -0.39 is 0 Å². The van der Waals surface area contributed by atoms with E-state index in [0.29, 0.717) is 5.75 Å². The Morgan fingerprint density at radius 2 is 1.95 bits per heavy atom. The lowest BCUT2D eigenvalue weighted by atomic mass is 9.89. The van der Waals surface area contributed by atoms with Gasteiger partial charge in [0.25, 0.3) is 0 Å². The molecule has 0 heterocycles. The molecule has 1 aromatic rings. The molecule has 3 heteroatoms. The summed E-state index contributed by atoms with van der Waals surface area (Å²) in [6.07, 6.45) is 4.58. The van der Waals surface area contributed by atoms with Crippen LogP contribution in [0.5, 0.6) is 5.75 Å². The summed E-state index contributed by atoms with van der Waals surface area (Å²) in [5.41, 5.74) is 0.904. The predicted octanol–water partition coefficient (Wildman–Crippen LogP) is 4.06. The number of halogens is 1. The molecule has 106 valence electrons. The lowest BCUT2D eigenvalue weighted by molar-refractivity contribution is 0.128. The molecule has 0 spiro atoms. The van der Waals surface area contributed by atoms with Gasteiger partial charge in [-0.1, -0.05) is 19.1 Å². The standard InChI is InChI=1S/C16H24FNO/c1-11-7-9-13(10-8-11)19-16-14(12(2)18-3)5-4-6-15(16)17/h4-6,11-13,18H,7-10H2,1-3H3. The first-order valence-corrected chi connectivity index (χ1v) is 7.24. The molecule has 0 radical (unpaired) electrons. The van der Waals surface area contributed by atoms with E-state index in [4.69, 9.17) is 4.74 Å². The zero-order valence-electron chi connectivity index (χ0n) is 12.1. The maximum Gasteiger partial charge on any atom is 0.165 e. The number of hydrogen-bond donors (Lipinski definition) is 1. The molecule has 0 amide bonds. The SMILES string of the molecule is CNC(C)c1cccc(F)c1OC1CCC(C)CC1. The maximum atomic E-state index is 14.0. The van der Waals surface area contributed by atoms with Crippen molar-refractivity contribution in [3.63, 3.8) is 0 Å². The molecule has 19 heavy (non-hydrogen) atoms. The summed E-state index contributed by atoms with van der Waals surface area (Å²) in [5.74, 6) is 0.957. The van der Waals surface area contributed by atoms with E-state index in [9.17, 15) is 4.39 Å². The van der Waals surface area contributed by atoms with Crippen molar-refractivity contribution in [3.8, 4) is 5.75 Å². The monoisotopic (exact) mass is 265 g/mol. The fourth-order valence-electron chi connectivity index (χ4n) is 2.66. The van der Waals surface area contributed by atoms with Crippen molar-refractivity contribution in [2.75, 3.05) is 7.05 Å². The molecule has 0 aliphatic heterocycles. The summed E-state index contributed by atoms with van der Waals surface area (Å²) in [7, 11) is 1.88. The van der Waals surface area contributed by atoms with Gasteiger partial charge >= 0.3 is 0 Å². The third kappa shape index (κ3) is 3.47. The lowest BCUT2D eigenvalue weighted by Crippen LogP contribution is -2.25. The lowest BCUT2D eigenvalue weighted by Gasteiger charge is -2.28. The Kier molecular flexibility index (Phi) is 4.81. The molecule has 1 aliphatic carbocycles. The van der Waals surface area contributed by atoms with Crippen LogP contribution < -0.4 is 10.1 Å². The van der Waals surface area contributed by atoms with Crippen LogP contribution in [0.2, 0.25) is 0 Å². The first-order valence-electron chi connectivity index (χ1n) is 7.24. The van der Waals surface area contributed by atoms with Crippen molar-refractivity contribution in [2.45, 2.75) is 51.7 Å². The first-order chi connectivity index (χ1) is 9.11. The van der Waals surface area contributed by atoms with Gasteiger partial charge < -0.3 is 10.1 Å². The zero-order valence-corrected chi connectivity index (χ0v) is 12.1. The van der Waals surface area contributed by atoms with Gasteiger partial charge in [-0.05, 0) is 51.6 Å². The van der Waals surface area contributed by atoms with E-state index in [-0.39, 0.29) is 18.0 Å². The fourth-order valence-corrected chi connectivity index (χ4v) is 2.66. The van der Waals surface area contributed by atoms with Crippen LogP contribution in [0.15, 0.2) is 18.2 Å². The largest absolute Gasteiger partial charge is 0.487 e. The predicted molar refractivity (Wildman–Crippen MR) is 75.9 cm³/mol. The van der Waals surface area contributed by atoms with Gasteiger partial charge in [0.05, 0.1) is 6.10 Å². The Hall–Kier alpha value is -1.09. The van der Waals surface area contributed by atoms with Crippen LogP contribution in [0.25, 0.3) is 0 Å². The normalized spacial score (nSPS) is 25.1. The van der Waals surface area contributed by atoms with Crippen LogP contribution in [0, 0.1) is 11.7 Å². The van der Waals surface area contributed by atoms with Crippen LogP contribution in [0.1, 0.15) is 51.1 Å².